The van der Waals surface area contributed by atoms with Crippen LogP contribution >= 0.6 is 0 Å². The average Bonchev–Trinajstić information content (AvgIpc) is 2.73. The second kappa shape index (κ2) is 8.92. The smallest absolute Gasteiger partial charge is 0.156 e. The lowest BCUT2D eigenvalue weighted by Crippen LogP contribution is -2.46. The molecule has 4 unspecified atom stereocenters. The van der Waals surface area contributed by atoms with Crippen LogP contribution in [0.1, 0.15) is 53.9 Å². The van der Waals surface area contributed by atoms with Crippen LogP contribution in [0.5, 0.6) is 0 Å². The van der Waals surface area contributed by atoms with Crippen molar-refractivity contribution in [2.45, 2.75) is 45.4 Å². The number of nitrogens with zero attached hydrogens (tertiary/aromatic N) is 1. The molecule has 1 aliphatic heterocycles. The Morgan fingerprint density at radius 2 is 1.58 bits per heavy atom. The summed E-state index contributed by atoms with van der Waals surface area (Å²) in [6.07, 6.45) is 3.00. The van der Waals surface area contributed by atoms with Gasteiger partial charge in [0.25, 0.3) is 0 Å². The summed E-state index contributed by atoms with van der Waals surface area (Å²) in [5, 5.41) is 0. The maximum absolute atomic E-state index is 12.9. The number of allylic oxidation sites excluding steroid dienone is 1. The number of carbonyl (C=O) groups excluding carboxylic acids is 2. The highest BCUT2D eigenvalue weighted by molar-refractivity contribution is 5.92. The number of rotatable bonds is 5. The third-order valence-corrected chi connectivity index (χ3v) is 7.11. The Morgan fingerprint density at radius 3 is 2.19 bits per heavy atom. The molecule has 2 aromatic rings. The lowest BCUT2D eigenvalue weighted by Gasteiger charge is -2.46. The number of hydrogen-bond donors (Lipinski definition) is 0. The molecular formula is C28H33NO2. The fraction of sp³-hybridized carbons (Fsp3) is 0.429. The van der Waals surface area contributed by atoms with E-state index in [-0.39, 0.29) is 29.3 Å². The molecule has 3 nitrogen and oxygen atoms in total. The van der Waals surface area contributed by atoms with Gasteiger partial charge >= 0.3 is 0 Å². The summed E-state index contributed by atoms with van der Waals surface area (Å²) in [6, 6.07) is 17.2. The number of piperidine rings is 1. The van der Waals surface area contributed by atoms with Gasteiger partial charge in [-0.05, 0) is 56.9 Å². The molecule has 31 heavy (non-hydrogen) atoms. The summed E-state index contributed by atoms with van der Waals surface area (Å²) in [7, 11) is 2.17. The maximum Gasteiger partial charge on any atom is 0.156 e. The molecule has 1 heterocycles. The van der Waals surface area contributed by atoms with Gasteiger partial charge in [-0.25, -0.2) is 0 Å². The van der Waals surface area contributed by atoms with Crippen molar-refractivity contribution in [3.63, 3.8) is 0 Å². The van der Waals surface area contributed by atoms with Gasteiger partial charge in [0, 0.05) is 37.8 Å². The van der Waals surface area contributed by atoms with Crippen LogP contribution in [0, 0.1) is 25.7 Å². The van der Waals surface area contributed by atoms with E-state index in [0.29, 0.717) is 18.8 Å². The van der Waals surface area contributed by atoms with Crippen LogP contribution < -0.4 is 0 Å². The van der Waals surface area contributed by atoms with E-state index in [0.717, 1.165) is 13.1 Å². The van der Waals surface area contributed by atoms with E-state index in [1.807, 2.05) is 6.08 Å². The van der Waals surface area contributed by atoms with Gasteiger partial charge in [0.2, 0.25) is 0 Å². The second-order valence-corrected chi connectivity index (χ2v) is 9.69. The van der Waals surface area contributed by atoms with E-state index in [4.69, 9.17) is 0 Å². The Hall–Kier alpha value is -2.52. The normalized spacial score (nSPS) is 25.0. The lowest BCUT2D eigenvalue weighted by molar-refractivity contribution is -0.117. The molecule has 0 amide bonds. The molecule has 3 heteroatoms. The van der Waals surface area contributed by atoms with Crippen molar-refractivity contribution in [3.8, 4) is 0 Å². The van der Waals surface area contributed by atoms with Crippen LogP contribution in [-0.4, -0.2) is 36.6 Å². The summed E-state index contributed by atoms with van der Waals surface area (Å²) in [4.78, 5) is 27.5. The summed E-state index contributed by atoms with van der Waals surface area (Å²) < 4.78 is 0. The van der Waals surface area contributed by atoms with E-state index in [1.54, 1.807) is 6.92 Å². The van der Waals surface area contributed by atoms with Gasteiger partial charge in [-0.1, -0.05) is 65.2 Å². The first-order chi connectivity index (χ1) is 14.8. The van der Waals surface area contributed by atoms with Crippen molar-refractivity contribution in [2.24, 2.45) is 11.8 Å². The van der Waals surface area contributed by atoms with Gasteiger partial charge < -0.3 is 9.69 Å². The van der Waals surface area contributed by atoms with E-state index in [1.165, 1.54) is 27.8 Å². The predicted molar refractivity (Wildman–Crippen MR) is 125 cm³/mol. The predicted octanol–water partition coefficient (Wildman–Crippen LogP) is 5.23. The van der Waals surface area contributed by atoms with Gasteiger partial charge in [0.1, 0.15) is 5.78 Å². The number of fused-ring (bicyclic) bond motifs is 1. The SMILES string of the molecule is CC(=O)CC(c1ccc(C)cc1)C1CN(C)CC2C1=CC(=O)CC2c1ccc(C)cc1. The largest absolute Gasteiger partial charge is 0.305 e. The molecule has 0 radical (unpaired) electrons. The quantitative estimate of drug-likeness (QED) is 0.671. The number of aryl methyl sites for hydroxylation is 2. The number of Topliss-reactive ketones (excluding diaryl/α,β-unsaturated/α-hetero) is 1. The molecule has 4 rings (SSSR count). The van der Waals surface area contributed by atoms with Crippen LogP contribution in [0.2, 0.25) is 0 Å². The third-order valence-electron chi connectivity index (χ3n) is 7.11. The minimum Gasteiger partial charge on any atom is -0.305 e. The van der Waals surface area contributed by atoms with E-state index in [9.17, 15) is 9.59 Å². The number of likely N-dealkylation sites (tertiary alicyclic amines) is 1. The van der Waals surface area contributed by atoms with Crippen LogP contribution in [-0.2, 0) is 9.59 Å². The Bertz CT molecular complexity index is 987. The average molecular weight is 416 g/mol. The zero-order valence-electron chi connectivity index (χ0n) is 19.1. The van der Waals surface area contributed by atoms with Crippen LogP contribution in [0.3, 0.4) is 0 Å². The van der Waals surface area contributed by atoms with E-state index < -0.39 is 0 Å². The van der Waals surface area contributed by atoms with Crippen molar-refractivity contribution < 1.29 is 9.59 Å². The molecule has 4 atom stereocenters. The maximum atomic E-state index is 12.9. The Kier molecular flexibility index (Phi) is 6.24. The molecule has 1 aliphatic carbocycles. The minimum atomic E-state index is 0.0965. The number of ketones is 2. The Labute approximate surface area is 186 Å². The first kappa shape index (κ1) is 21.7. The van der Waals surface area contributed by atoms with Crippen molar-refractivity contribution in [3.05, 3.63) is 82.4 Å². The van der Waals surface area contributed by atoms with Gasteiger partial charge in [-0.3, -0.25) is 4.79 Å². The highest BCUT2D eigenvalue weighted by Gasteiger charge is 2.42. The van der Waals surface area contributed by atoms with Crippen molar-refractivity contribution >= 4 is 11.6 Å². The van der Waals surface area contributed by atoms with E-state index in [2.05, 4.69) is 74.3 Å². The molecule has 1 fully saturated rings. The third kappa shape index (κ3) is 4.72. The van der Waals surface area contributed by atoms with Crippen molar-refractivity contribution in [1.29, 1.82) is 0 Å². The Morgan fingerprint density at radius 1 is 0.968 bits per heavy atom. The summed E-state index contributed by atoms with van der Waals surface area (Å²) >= 11 is 0. The van der Waals surface area contributed by atoms with Gasteiger partial charge in [0.05, 0.1) is 0 Å². The zero-order chi connectivity index (χ0) is 22.1. The molecule has 0 aromatic heterocycles. The monoisotopic (exact) mass is 415 g/mol. The lowest BCUT2D eigenvalue weighted by atomic mass is 9.64. The molecule has 0 spiro atoms. The standard InChI is InChI=1S/C28H33NO2/c1-18-5-9-21(10-6-18)24(13-20(3)30)27-16-29(4)17-28-25(14-23(31)15-26(27)28)22-11-7-19(2)8-12-22/h5-12,15,24-25,27-28H,13-14,16-17H2,1-4H3. The van der Waals surface area contributed by atoms with Gasteiger partial charge in [0.15, 0.2) is 5.78 Å². The van der Waals surface area contributed by atoms with Crippen molar-refractivity contribution in [1.82, 2.24) is 4.90 Å². The topological polar surface area (TPSA) is 37.4 Å². The van der Waals surface area contributed by atoms with E-state index >= 15 is 0 Å². The summed E-state index contributed by atoms with van der Waals surface area (Å²) in [6.45, 7) is 7.69. The zero-order valence-corrected chi connectivity index (χ0v) is 19.1. The number of benzene rings is 2. The second-order valence-electron chi connectivity index (χ2n) is 9.69. The van der Waals surface area contributed by atoms with Crippen LogP contribution in [0.15, 0.2) is 60.2 Å². The first-order valence-corrected chi connectivity index (χ1v) is 11.4. The number of hydrogen-bond acceptors (Lipinski definition) is 3. The molecule has 2 aliphatic rings. The molecule has 1 saturated heterocycles. The van der Waals surface area contributed by atoms with Crippen LogP contribution in [0.4, 0.5) is 0 Å². The summed E-state index contributed by atoms with van der Waals surface area (Å²) in [5.41, 5.74) is 6.16. The Balaban J connectivity index is 1.74. The fourth-order valence-corrected chi connectivity index (χ4v) is 5.55. The van der Waals surface area contributed by atoms with Crippen molar-refractivity contribution in [2.75, 3.05) is 20.1 Å². The molecule has 0 N–H and O–H groups in total. The summed E-state index contributed by atoms with van der Waals surface area (Å²) in [5.74, 6) is 1.20. The van der Waals surface area contributed by atoms with Gasteiger partial charge in [-0.15, -0.1) is 0 Å². The van der Waals surface area contributed by atoms with Crippen LogP contribution in [0.25, 0.3) is 0 Å². The molecule has 0 bridgehead atoms. The first-order valence-electron chi connectivity index (χ1n) is 11.4. The molecule has 0 saturated carbocycles. The highest BCUT2D eigenvalue weighted by atomic mass is 16.1. The fourth-order valence-electron chi connectivity index (χ4n) is 5.55. The molecule has 2 aromatic carbocycles. The highest BCUT2D eigenvalue weighted by Crippen LogP contribution is 2.47. The molecule has 162 valence electrons. The van der Waals surface area contributed by atoms with Gasteiger partial charge in [-0.2, -0.15) is 0 Å². The number of carbonyl (C=O) groups is 2. The minimum absolute atomic E-state index is 0.0965. The molecular weight excluding hydrogens is 382 g/mol.